The van der Waals surface area contributed by atoms with Crippen LogP contribution in [0.15, 0.2) is 36.4 Å². The highest BCUT2D eigenvalue weighted by molar-refractivity contribution is 5.97. The number of fused-ring (bicyclic) bond motifs is 1. The molecule has 3 N–H and O–H groups in total. The van der Waals surface area contributed by atoms with Gasteiger partial charge in [-0.15, -0.1) is 0 Å². The predicted octanol–water partition coefficient (Wildman–Crippen LogP) is 1.79. The Morgan fingerprint density at radius 3 is 2.84 bits per heavy atom. The molecule has 0 aliphatic carbocycles. The number of benzene rings is 2. The van der Waals surface area contributed by atoms with Gasteiger partial charge in [-0.1, -0.05) is 24.3 Å². The van der Waals surface area contributed by atoms with Crippen molar-refractivity contribution in [3.05, 3.63) is 58.9 Å². The Bertz CT molecular complexity index is 1080. The second kappa shape index (κ2) is 9.47. The number of rotatable bonds is 5. The Balaban J connectivity index is 1.52. The number of nitrogens with two attached hydrogens (primary N) is 1. The van der Waals surface area contributed by atoms with E-state index in [2.05, 4.69) is 11.4 Å². The summed E-state index contributed by atoms with van der Waals surface area (Å²) in [6.45, 7) is 1.78. The fraction of sp³-hybridized carbons (Fsp3) is 0.375. The van der Waals surface area contributed by atoms with Crippen molar-refractivity contribution in [3.8, 4) is 17.2 Å². The van der Waals surface area contributed by atoms with Gasteiger partial charge in [-0.05, 0) is 47.2 Å². The summed E-state index contributed by atoms with van der Waals surface area (Å²) in [7, 11) is 0. The van der Waals surface area contributed by atoms with Crippen LogP contribution in [0.1, 0.15) is 27.9 Å². The van der Waals surface area contributed by atoms with Crippen molar-refractivity contribution in [2.45, 2.75) is 31.4 Å². The molecule has 2 heterocycles. The molecule has 2 amide bonds. The molecule has 2 atom stereocenters. The highest BCUT2D eigenvalue weighted by atomic mass is 19.1. The molecule has 2 aromatic rings. The minimum Gasteiger partial charge on any atom is -0.367 e. The number of primary amides is 1. The lowest BCUT2D eigenvalue weighted by Gasteiger charge is -2.27. The summed E-state index contributed by atoms with van der Waals surface area (Å²) >= 11 is 0. The minimum atomic E-state index is -0.772. The van der Waals surface area contributed by atoms with Gasteiger partial charge in [0, 0.05) is 38.2 Å². The van der Waals surface area contributed by atoms with Crippen molar-refractivity contribution in [1.82, 2.24) is 10.2 Å². The van der Waals surface area contributed by atoms with Crippen LogP contribution in [-0.4, -0.2) is 55.1 Å². The molecule has 2 aliphatic rings. The molecule has 0 unspecified atom stereocenters. The van der Waals surface area contributed by atoms with Crippen molar-refractivity contribution in [3.63, 3.8) is 0 Å². The van der Waals surface area contributed by atoms with Gasteiger partial charge in [0.1, 0.15) is 18.0 Å². The summed E-state index contributed by atoms with van der Waals surface area (Å²) in [4.78, 5) is 25.3. The van der Waals surface area contributed by atoms with Crippen molar-refractivity contribution >= 4 is 11.8 Å². The maximum Gasteiger partial charge on any atom is 0.251 e. The van der Waals surface area contributed by atoms with E-state index in [0.29, 0.717) is 42.8 Å². The molecule has 4 rings (SSSR count). The van der Waals surface area contributed by atoms with Gasteiger partial charge in [-0.2, -0.15) is 5.26 Å². The number of nitriles is 1. The molecule has 2 aliphatic heterocycles. The maximum absolute atomic E-state index is 15.0. The molecular weight excluding hydrogens is 411 g/mol. The van der Waals surface area contributed by atoms with Crippen molar-refractivity contribution in [1.29, 1.82) is 5.26 Å². The van der Waals surface area contributed by atoms with Crippen LogP contribution < -0.4 is 11.1 Å². The van der Waals surface area contributed by atoms with Crippen LogP contribution in [0, 0.1) is 17.1 Å². The summed E-state index contributed by atoms with van der Waals surface area (Å²) in [5.74, 6) is -1.04. The molecule has 1 saturated heterocycles. The van der Waals surface area contributed by atoms with E-state index in [1.807, 2.05) is 23.1 Å². The summed E-state index contributed by atoms with van der Waals surface area (Å²) in [6.07, 6.45) is 0.829. The first-order valence-electron chi connectivity index (χ1n) is 10.7. The zero-order valence-corrected chi connectivity index (χ0v) is 17.6. The molecule has 166 valence electrons. The number of amides is 2. The Labute approximate surface area is 186 Å². The van der Waals surface area contributed by atoms with Gasteiger partial charge >= 0.3 is 0 Å². The van der Waals surface area contributed by atoms with E-state index >= 15 is 0 Å². The second-order valence-electron chi connectivity index (χ2n) is 8.14. The zero-order chi connectivity index (χ0) is 22.7. The normalized spacial score (nSPS) is 19.9. The third-order valence-electron chi connectivity index (χ3n) is 6.05. The van der Waals surface area contributed by atoms with Gasteiger partial charge in [-0.25, -0.2) is 4.39 Å². The predicted molar refractivity (Wildman–Crippen MR) is 116 cm³/mol. The fourth-order valence-electron chi connectivity index (χ4n) is 4.27. The van der Waals surface area contributed by atoms with E-state index in [-0.39, 0.29) is 18.9 Å². The van der Waals surface area contributed by atoms with Gasteiger partial charge in [0.15, 0.2) is 0 Å². The third-order valence-corrected chi connectivity index (χ3v) is 6.05. The van der Waals surface area contributed by atoms with Crippen molar-refractivity contribution in [2.75, 3.05) is 26.2 Å². The van der Waals surface area contributed by atoms with Gasteiger partial charge in [0.05, 0.1) is 6.07 Å². The summed E-state index contributed by atoms with van der Waals surface area (Å²) in [5, 5.41) is 12.5. The highest BCUT2D eigenvalue weighted by Crippen LogP contribution is 2.27. The Kier molecular flexibility index (Phi) is 6.49. The monoisotopic (exact) mass is 436 g/mol. The number of carbonyl (C=O) groups is 2. The van der Waals surface area contributed by atoms with E-state index in [9.17, 15) is 19.2 Å². The van der Waals surface area contributed by atoms with Crippen molar-refractivity contribution < 1.29 is 18.7 Å². The smallest absolute Gasteiger partial charge is 0.251 e. The van der Waals surface area contributed by atoms with Crippen LogP contribution in [0.25, 0.3) is 11.1 Å². The number of halogens is 1. The Hall–Kier alpha value is -3.28. The number of carbonyl (C=O) groups excluding carboxylic acids is 2. The first kappa shape index (κ1) is 21.9. The van der Waals surface area contributed by atoms with Crippen LogP contribution in [-0.2, 0) is 22.4 Å². The molecule has 0 spiro atoms. The quantitative estimate of drug-likeness (QED) is 0.743. The summed E-state index contributed by atoms with van der Waals surface area (Å²) < 4.78 is 20.4. The fourth-order valence-corrected chi connectivity index (χ4v) is 4.27. The SMILES string of the molecule is N#C[C@H](Cc1ccc(-c2ccc3c(c2)CCNC3=O)cc1F)N1CCCO[C@H](C(N)=O)C1. The van der Waals surface area contributed by atoms with Crippen molar-refractivity contribution in [2.24, 2.45) is 5.73 Å². The van der Waals surface area contributed by atoms with Crippen LogP contribution in [0.3, 0.4) is 0 Å². The lowest BCUT2D eigenvalue weighted by molar-refractivity contribution is -0.129. The van der Waals surface area contributed by atoms with E-state index in [1.54, 1.807) is 12.1 Å². The average molecular weight is 436 g/mol. The van der Waals surface area contributed by atoms with E-state index in [4.69, 9.17) is 10.5 Å². The number of hydrogen-bond acceptors (Lipinski definition) is 5. The first-order chi connectivity index (χ1) is 15.5. The van der Waals surface area contributed by atoms with E-state index in [0.717, 1.165) is 17.5 Å². The maximum atomic E-state index is 15.0. The number of hydrogen-bond donors (Lipinski definition) is 2. The summed E-state index contributed by atoms with van der Waals surface area (Å²) in [6, 6.07) is 12.1. The molecule has 8 heteroatoms. The highest BCUT2D eigenvalue weighted by Gasteiger charge is 2.28. The van der Waals surface area contributed by atoms with Crippen LogP contribution >= 0.6 is 0 Å². The molecule has 0 saturated carbocycles. The largest absolute Gasteiger partial charge is 0.367 e. The molecule has 7 nitrogen and oxygen atoms in total. The van der Waals surface area contributed by atoms with Crippen LogP contribution in [0.5, 0.6) is 0 Å². The number of nitrogens with zero attached hydrogens (tertiary/aromatic N) is 2. The summed E-state index contributed by atoms with van der Waals surface area (Å²) in [5.41, 5.74) is 8.98. The van der Waals surface area contributed by atoms with E-state index in [1.165, 1.54) is 6.07 Å². The van der Waals surface area contributed by atoms with Crippen LogP contribution in [0.2, 0.25) is 0 Å². The van der Waals surface area contributed by atoms with Gasteiger partial charge in [0.2, 0.25) is 5.91 Å². The average Bonchev–Trinajstić information content (AvgIpc) is 3.05. The molecule has 32 heavy (non-hydrogen) atoms. The molecule has 1 fully saturated rings. The van der Waals surface area contributed by atoms with Gasteiger partial charge in [0.25, 0.3) is 5.91 Å². The molecule has 0 radical (unpaired) electrons. The van der Waals surface area contributed by atoms with E-state index < -0.39 is 23.9 Å². The second-order valence-corrected chi connectivity index (χ2v) is 8.14. The first-order valence-corrected chi connectivity index (χ1v) is 10.7. The standard InChI is InChI=1S/C24H25FN4O3/c25-21-12-16(15-4-5-20-17(10-15)6-7-28-24(20)31)2-3-18(21)11-19(13-26)29-8-1-9-32-22(14-29)23(27)30/h2-5,10,12,19,22H,1,6-9,11,14H2,(H2,27,30)(H,28,31)/t19-,22-/m0/s1. The molecule has 0 aromatic heterocycles. The topological polar surface area (TPSA) is 108 Å². The number of ether oxygens (including phenoxy) is 1. The zero-order valence-electron chi connectivity index (χ0n) is 17.6. The number of nitrogens with one attached hydrogen (secondary N) is 1. The minimum absolute atomic E-state index is 0.0839. The Morgan fingerprint density at radius 2 is 2.09 bits per heavy atom. The molecule has 0 bridgehead atoms. The van der Waals surface area contributed by atoms with Gasteiger partial charge in [-0.3, -0.25) is 14.5 Å². The Morgan fingerprint density at radius 1 is 1.31 bits per heavy atom. The lowest BCUT2D eigenvalue weighted by Crippen LogP contribution is -2.45. The van der Waals surface area contributed by atoms with Gasteiger partial charge < -0.3 is 15.8 Å². The third kappa shape index (κ3) is 4.64. The lowest BCUT2D eigenvalue weighted by atomic mass is 9.94. The molecule has 2 aromatic carbocycles. The van der Waals surface area contributed by atoms with Crippen LogP contribution in [0.4, 0.5) is 4.39 Å². The molecular formula is C24H25FN4O3.